The highest BCUT2D eigenvalue weighted by atomic mass is 35.5. The van der Waals surface area contributed by atoms with E-state index in [1.165, 1.54) is 0 Å². The zero-order valence-corrected chi connectivity index (χ0v) is 13.6. The van der Waals surface area contributed by atoms with Crippen LogP contribution in [0.3, 0.4) is 0 Å². The summed E-state index contributed by atoms with van der Waals surface area (Å²) in [6.45, 7) is 0.720. The molecule has 0 amide bonds. The quantitative estimate of drug-likeness (QED) is 0.883. The van der Waals surface area contributed by atoms with Gasteiger partial charge in [0.2, 0.25) is 0 Å². The molecule has 3 rings (SSSR count). The van der Waals surface area contributed by atoms with Gasteiger partial charge in [0.05, 0.1) is 0 Å². The molecule has 0 spiro atoms. The van der Waals surface area contributed by atoms with Gasteiger partial charge in [-0.15, -0.1) is 0 Å². The number of ether oxygens (including phenoxy) is 1. The van der Waals surface area contributed by atoms with Gasteiger partial charge >= 0.3 is 0 Å². The van der Waals surface area contributed by atoms with Gasteiger partial charge in [-0.25, -0.2) is 0 Å². The second-order valence-electron chi connectivity index (χ2n) is 5.87. The van der Waals surface area contributed by atoms with Crippen LogP contribution in [0.15, 0.2) is 48.8 Å². The van der Waals surface area contributed by atoms with E-state index in [1.54, 1.807) is 24.5 Å². The van der Waals surface area contributed by atoms with Crippen molar-refractivity contribution in [1.29, 1.82) is 0 Å². The van der Waals surface area contributed by atoms with Gasteiger partial charge in [-0.1, -0.05) is 11.6 Å². The van der Waals surface area contributed by atoms with Crippen LogP contribution in [0.2, 0.25) is 5.02 Å². The molecule has 0 aliphatic heterocycles. The lowest BCUT2D eigenvalue weighted by Crippen LogP contribution is -2.50. The molecule has 1 fully saturated rings. The fraction of sp³-hybridized carbons (Fsp3) is 0.389. The topological polar surface area (TPSA) is 54.4 Å². The van der Waals surface area contributed by atoms with E-state index in [2.05, 4.69) is 10.3 Å². The predicted octanol–water partition coefficient (Wildman–Crippen LogP) is 3.19. The van der Waals surface area contributed by atoms with Crippen molar-refractivity contribution >= 4 is 11.6 Å². The van der Waals surface area contributed by atoms with E-state index >= 15 is 0 Å². The third-order valence-corrected chi connectivity index (χ3v) is 4.47. The first kappa shape index (κ1) is 16.2. The molecule has 3 atom stereocenters. The second-order valence-corrected chi connectivity index (χ2v) is 6.31. The Morgan fingerprint density at radius 3 is 2.61 bits per heavy atom. The minimum Gasteiger partial charge on any atom is -0.488 e. The number of aliphatic hydroxyl groups excluding tert-OH is 1. The van der Waals surface area contributed by atoms with Crippen LogP contribution < -0.4 is 10.1 Å². The van der Waals surface area contributed by atoms with Crippen molar-refractivity contribution in [1.82, 2.24) is 10.3 Å². The number of hydrogen-bond acceptors (Lipinski definition) is 4. The highest BCUT2D eigenvalue weighted by Crippen LogP contribution is 2.25. The van der Waals surface area contributed by atoms with Gasteiger partial charge in [0.1, 0.15) is 18.0 Å². The fourth-order valence-corrected chi connectivity index (χ4v) is 3.05. The minimum absolute atomic E-state index is 0.0363. The summed E-state index contributed by atoms with van der Waals surface area (Å²) in [5, 5.41) is 14.7. The van der Waals surface area contributed by atoms with Crippen LogP contribution in [0.25, 0.3) is 0 Å². The minimum atomic E-state index is -0.527. The summed E-state index contributed by atoms with van der Waals surface area (Å²) >= 11 is 5.89. The fourth-order valence-electron chi connectivity index (χ4n) is 2.93. The summed E-state index contributed by atoms with van der Waals surface area (Å²) in [6, 6.07) is 11.3. The largest absolute Gasteiger partial charge is 0.488 e. The molecule has 122 valence electrons. The molecule has 1 aliphatic rings. The molecule has 2 N–H and O–H groups in total. The average molecular weight is 333 g/mol. The molecule has 0 bridgehead atoms. The first-order valence-corrected chi connectivity index (χ1v) is 8.33. The number of aliphatic hydroxyl groups is 1. The number of halogens is 1. The number of hydrogen-bond donors (Lipinski definition) is 2. The number of pyridine rings is 1. The number of aromatic nitrogens is 1. The van der Waals surface area contributed by atoms with Gasteiger partial charge in [0.25, 0.3) is 0 Å². The van der Waals surface area contributed by atoms with E-state index < -0.39 is 6.10 Å². The molecule has 1 aliphatic carbocycles. The summed E-state index contributed by atoms with van der Waals surface area (Å²) in [6.07, 6.45) is 5.68. The van der Waals surface area contributed by atoms with E-state index in [0.717, 1.165) is 37.1 Å². The van der Waals surface area contributed by atoms with Crippen molar-refractivity contribution in [2.75, 3.05) is 0 Å². The number of rotatable bonds is 5. The Bertz CT molecular complexity index is 606. The predicted molar refractivity (Wildman–Crippen MR) is 90.6 cm³/mol. The molecule has 1 heterocycles. The summed E-state index contributed by atoms with van der Waals surface area (Å²) in [7, 11) is 0. The van der Waals surface area contributed by atoms with Crippen LogP contribution >= 0.6 is 11.6 Å². The zero-order valence-electron chi connectivity index (χ0n) is 12.9. The third-order valence-electron chi connectivity index (χ3n) is 4.22. The van der Waals surface area contributed by atoms with Gasteiger partial charge in [-0.2, -0.15) is 0 Å². The summed E-state index contributed by atoms with van der Waals surface area (Å²) in [5.74, 6) is 0.744. The molecule has 5 heteroatoms. The third kappa shape index (κ3) is 4.44. The Morgan fingerprint density at radius 2 is 1.87 bits per heavy atom. The lowest BCUT2D eigenvalue weighted by Gasteiger charge is -2.35. The van der Waals surface area contributed by atoms with Crippen LogP contribution in [0.4, 0.5) is 0 Å². The number of nitrogens with zero attached hydrogens (tertiary/aromatic N) is 1. The number of benzene rings is 1. The van der Waals surface area contributed by atoms with Crippen molar-refractivity contribution in [3.63, 3.8) is 0 Å². The van der Waals surface area contributed by atoms with Crippen LogP contribution in [-0.4, -0.2) is 28.3 Å². The molecule has 4 nitrogen and oxygen atoms in total. The molecular formula is C18H21ClN2O2. The molecule has 1 aromatic carbocycles. The SMILES string of the molecule is O[C@@H]1[C@@H](NCc2ccncc2)CCC[C@H]1Oc1ccc(Cl)cc1. The maximum atomic E-state index is 10.6. The van der Waals surface area contributed by atoms with E-state index in [4.69, 9.17) is 16.3 Å². The molecule has 1 aromatic heterocycles. The normalized spacial score (nSPS) is 24.3. The highest BCUT2D eigenvalue weighted by Gasteiger charge is 2.33. The summed E-state index contributed by atoms with van der Waals surface area (Å²) in [5.41, 5.74) is 1.16. The van der Waals surface area contributed by atoms with E-state index in [9.17, 15) is 5.11 Å². The first-order chi connectivity index (χ1) is 11.2. The first-order valence-electron chi connectivity index (χ1n) is 7.95. The smallest absolute Gasteiger partial charge is 0.126 e. The van der Waals surface area contributed by atoms with Crippen molar-refractivity contribution in [3.05, 3.63) is 59.4 Å². The average Bonchev–Trinajstić information content (AvgIpc) is 2.58. The van der Waals surface area contributed by atoms with Gasteiger partial charge in [0.15, 0.2) is 0 Å². The summed E-state index contributed by atoms with van der Waals surface area (Å²) in [4.78, 5) is 4.01. The number of nitrogens with one attached hydrogen (secondary N) is 1. The van der Waals surface area contributed by atoms with Crippen molar-refractivity contribution in [3.8, 4) is 5.75 Å². The lowest BCUT2D eigenvalue weighted by molar-refractivity contribution is -0.0157. The second kappa shape index (κ2) is 7.77. The zero-order chi connectivity index (χ0) is 16.1. The molecule has 23 heavy (non-hydrogen) atoms. The monoisotopic (exact) mass is 332 g/mol. The Kier molecular flexibility index (Phi) is 5.49. The van der Waals surface area contributed by atoms with E-state index in [0.29, 0.717) is 5.02 Å². The summed E-state index contributed by atoms with van der Waals surface area (Å²) < 4.78 is 5.95. The van der Waals surface area contributed by atoms with Crippen LogP contribution in [0.1, 0.15) is 24.8 Å². The van der Waals surface area contributed by atoms with Gasteiger partial charge in [0, 0.05) is 30.0 Å². The van der Waals surface area contributed by atoms with Crippen LogP contribution in [-0.2, 0) is 6.54 Å². The Balaban J connectivity index is 1.57. The molecule has 0 unspecified atom stereocenters. The maximum absolute atomic E-state index is 10.6. The van der Waals surface area contributed by atoms with Gasteiger partial charge in [-0.3, -0.25) is 4.98 Å². The molecular weight excluding hydrogens is 312 g/mol. The highest BCUT2D eigenvalue weighted by molar-refractivity contribution is 6.30. The van der Waals surface area contributed by atoms with Crippen molar-refractivity contribution in [2.24, 2.45) is 0 Å². The van der Waals surface area contributed by atoms with Gasteiger partial charge in [-0.05, 0) is 61.2 Å². The van der Waals surface area contributed by atoms with Crippen molar-refractivity contribution in [2.45, 2.75) is 44.1 Å². The van der Waals surface area contributed by atoms with Gasteiger partial charge < -0.3 is 15.2 Å². The Morgan fingerprint density at radius 1 is 1.13 bits per heavy atom. The Labute approximate surface area is 141 Å². The molecule has 0 saturated heterocycles. The Hall–Kier alpha value is -1.62. The maximum Gasteiger partial charge on any atom is 0.126 e. The standard InChI is InChI=1S/C18H21ClN2O2/c19-14-4-6-15(7-5-14)23-17-3-1-2-16(18(17)22)21-12-13-8-10-20-11-9-13/h4-11,16-18,21-22H,1-3,12H2/t16-,17+,18+/m0/s1. The van der Waals surface area contributed by atoms with E-state index in [1.807, 2.05) is 24.3 Å². The molecule has 1 saturated carbocycles. The van der Waals surface area contributed by atoms with Crippen LogP contribution in [0.5, 0.6) is 5.75 Å². The van der Waals surface area contributed by atoms with Crippen LogP contribution in [0, 0.1) is 0 Å². The lowest BCUT2D eigenvalue weighted by atomic mass is 9.89. The molecule has 0 radical (unpaired) electrons. The van der Waals surface area contributed by atoms with E-state index in [-0.39, 0.29) is 12.1 Å². The molecule has 2 aromatic rings. The van der Waals surface area contributed by atoms with Crippen molar-refractivity contribution < 1.29 is 9.84 Å².